The van der Waals surface area contributed by atoms with Crippen molar-refractivity contribution in [3.63, 3.8) is 0 Å². The van der Waals surface area contributed by atoms with Crippen LogP contribution in [0.25, 0.3) is 0 Å². The van der Waals surface area contributed by atoms with E-state index in [4.69, 9.17) is 16.3 Å². The van der Waals surface area contributed by atoms with Crippen LogP contribution in [0.1, 0.15) is 10.4 Å². The Morgan fingerprint density at radius 3 is 2.68 bits per heavy atom. The molecule has 3 nitrogen and oxygen atoms in total. The van der Waals surface area contributed by atoms with Crippen LogP contribution in [0.3, 0.4) is 0 Å². The summed E-state index contributed by atoms with van der Waals surface area (Å²) in [4.78, 5) is 12.2. The molecule has 0 saturated heterocycles. The molecule has 2 aromatic rings. The van der Waals surface area contributed by atoms with E-state index in [1.165, 1.54) is 0 Å². The number of ether oxygens (including phenoxy) is 1. The summed E-state index contributed by atoms with van der Waals surface area (Å²) in [6.45, 7) is 0. The molecule has 0 radical (unpaired) electrons. The first kappa shape index (κ1) is 13.9. The van der Waals surface area contributed by atoms with Crippen molar-refractivity contribution in [1.29, 1.82) is 0 Å². The van der Waals surface area contributed by atoms with Gasteiger partial charge in [0.1, 0.15) is 5.75 Å². The lowest BCUT2D eigenvalue weighted by molar-refractivity contribution is 0.102. The normalized spacial score (nSPS) is 10.1. The first-order chi connectivity index (χ1) is 9.11. The van der Waals surface area contributed by atoms with Gasteiger partial charge in [0.25, 0.3) is 5.91 Å². The van der Waals surface area contributed by atoms with Gasteiger partial charge < -0.3 is 10.1 Å². The Morgan fingerprint density at radius 1 is 1.26 bits per heavy atom. The van der Waals surface area contributed by atoms with E-state index in [-0.39, 0.29) is 5.91 Å². The van der Waals surface area contributed by atoms with Gasteiger partial charge in [-0.15, -0.1) is 0 Å². The number of hydrogen-bond donors (Lipinski definition) is 1. The van der Waals surface area contributed by atoms with Gasteiger partial charge in [-0.2, -0.15) is 0 Å². The molecule has 0 aliphatic rings. The summed E-state index contributed by atoms with van der Waals surface area (Å²) in [5.74, 6) is 0.367. The predicted molar refractivity (Wildman–Crippen MR) is 80.1 cm³/mol. The number of para-hydroxylation sites is 1. The zero-order chi connectivity index (χ0) is 13.8. The van der Waals surface area contributed by atoms with E-state index in [1.54, 1.807) is 43.5 Å². The Bertz CT molecular complexity index is 616. The lowest BCUT2D eigenvalue weighted by atomic mass is 10.2. The third kappa shape index (κ3) is 3.28. The summed E-state index contributed by atoms with van der Waals surface area (Å²) >= 11 is 9.35. The summed E-state index contributed by atoms with van der Waals surface area (Å²) in [7, 11) is 1.55. The minimum atomic E-state index is -0.251. The highest BCUT2D eigenvalue weighted by molar-refractivity contribution is 9.10. The average Bonchev–Trinajstić information content (AvgIpc) is 2.42. The average molecular weight is 341 g/mol. The van der Waals surface area contributed by atoms with Gasteiger partial charge in [-0.25, -0.2) is 0 Å². The van der Waals surface area contributed by atoms with Crippen LogP contribution in [0.5, 0.6) is 5.75 Å². The molecule has 0 heterocycles. The minimum absolute atomic E-state index is 0.251. The fourth-order valence-corrected chi connectivity index (χ4v) is 2.17. The van der Waals surface area contributed by atoms with Crippen LogP contribution in [0.2, 0.25) is 5.02 Å². The molecule has 0 unspecified atom stereocenters. The largest absolute Gasteiger partial charge is 0.497 e. The minimum Gasteiger partial charge on any atom is -0.497 e. The van der Waals surface area contributed by atoms with Crippen molar-refractivity contribution in [2.45, 2.75) is 0 Å². The van der Waals surface area contributed by atoms with Crippen LogP contribution in [0.4, 0.5) is 5.69 Å². The van der Waals surface area contributed by atoms with Gasteiger partial charge in [0.15, 0.2) is 0 Å². The maximum Gasteiger partial charge on any atom is 0.256 e. The number of halogens is 2. The molecule has 98 valence electrons. The molecule has 5 heteroatoms. The van der Waals surface area contributed by atoms with Gasteiger partial charge in [-0.3, -0.25) is 4.79 Å². The monoisotopic (exact) mass is 339 g/mol. The van der Waals surface area contributed by atoms with Crippen LogP contribution < -0.4 is 10.1 Å². The maximum atomic E-state index is 12.2. The van der Waals surface area contributed by atoms with Crippen molar-refractivity contribution in [3.8, 4) is 5.75 Å². The fourth-order valence-electron chi connectivity index (χ4n) is 1.56. The molecular weight excluding hydrogens is 330 g/mol. The lowest BCUT2D eigenvalue weighted by Gasteiger charge is -2.09. The summed E-state index contributed by atoms with van der Waals surface area (Å²) in [5.41, 5.74) is 1.06. The molecule has 0 bridgehead atoms. The highest BCUT2D eigenvalue weighted by atomic mass is 79.9. The topological polar surface area (TPSA) is 38.3 Å². The number of carbonyl (C=O) groups excluding carboxylic acids is 1. The molecule has 0 aliphatic carbocycles. The van der Waals surface area contributed by atoms with Gasteiger partial charge in [-0.1, -0.05) is 23.7 Å². The second-order valence-corrected chi connectivity index (χ2v) is 5.04. The van der Waals surface area contributed by atoms with Crippen molar-refractivity contribution < 1.29 is 9.53 Å². The number of amides is 1. The second kappa shape index (κ2) is 6.08. The predicted octanol–water partition coefficient (Wildman–Crippen LogP) is 4.36. The Balaban J connectivity index is 2.28. The highest BCUT2D eigenvalue weighted by Crippen LogP contribution is 2.25. The van der Waals surface area contributed by atoms with E-state index in [0.29, 0.717) is 26.5 Å². The molecule has 19 heavy (non-hydrogen) atoms. The highest BCUT2D eigenvalue weighted by Gasteiger charge is 2.12. The van der Waals surface area contributed by atoms with Crippen LogP contribution in [-0.2, 0) is 0 Å². The van der Waals surface area contributed by atoms with E-state index in [2.05, 4.69) is 21.2 Å². The van der Waals surface area contributed by atoms with Crippen molar-refractivity contribution >= 4 is 39.1 Å². The molecule has 1 N–H and O–H groups in total. The second-order valence-electron chi connectivity index (χ2n) is 3.78. The first-order valence-electron chi connectivity index (χ1n) is 5.51. The number of rotatable bonds is 3. The first-order valence-corrected chi connectivity index (χ1v) is 6.68. The SMILES string of the molecule is COc1ccc(Br)c(C(=O)Nc2ccccc2Cl)c1. The number of carbonyl (C=O) groups is 1. The lowest BCUT2D eigenvalue weighted by Crippen LogP contribution is -2.13. The summed E-state index contributed by atoms with van der Waals surface area (Å²) in [5, 5.41) is 3.26. The Hall–Kier alpha value is -1.52. The molecule has 0 aliphatic heterocycles. The van der Waals surface area contributed by atoms with E-state index in [9.17, 15) is 4.79 Å². The quantitative estimate of drug-likeness (QED) is 0.901. The van der Waals surface area contributed by atoms with Crippen molar-refractivity contribution in [2.75, 3.05) is 12.4 Å². The van der Waals surface area contributed by atoms with Crippen LogP contribution in [-0.4, -0.2) is 13.0 Å². The molecular formula is C14H11BrClNO2. The number of hydrogen-bond acceptors (Lipinski definition) is 2. The molecule has 0 atom stereocenters. The molecule has 1 amide bonds. The fraction of sp³-hybridized carbons (Fsp3) is 0.0714. The van der Waals surface area contributed by atoms with Gasteiger partial charge >= 0.3 is 0 Å². The van der Waals surface area contributed by atoms with Crippen molar-refractivity contribution in [3.05, 3.63) is 57.5 Å². The van der Waals surface area contributed by atoms with Crippen LogP contribution in [0, 0.1) is 0 Å². The number of anilines is 1. The number of methoxy groups -OCH3 is 1. The molecule has 0 fully saturated rings. The summed E-state index contributed by atoms with van der Waals surface area (Å²) in [6.07, 6.45) is 0. The van der Waals surface area contributed by atoms with Gasteiger partial charge in [-0.05, 0) is 46.3 Å². The molecule has 0 saturated carbocycles. The smallest absolute Gasteiger partial charge is 0.256 e. The van der Waals surface area contributed by atoms with Gasteiger partial charge in [0, 0.05) is 4.47 Å². The Labute approximate surface area is 124 Å². The molecule has 2 aromatic carbocycles. The Kier molecular flexibility index (Phi) is 4.45. The van der Waals surface area contributed by atoms with E-state index >= 15 is 0 Å². The van der Waals surface area contributed by atoms with Gasteiger partial charge in [0.05, 0.1) is 23.4 Å². The van der Waals surface area contributed by atoms with Crippen LogP contribution >= 0.6 is 27.5 Å². The van der Waals surface area contributed by atoms with E-state index in [1.807, 2.05) is 6.07 Å². The van der Waals surface area contributed by atoms with Crippen molar-refractivity contribution in [1.82, 2.24) is 0 Å². The van der Waals surface area contributed by atoms with E-state index < -0.39 is 0 Å². The molecule has 0 spiro atoms. The van der Waals surface area contributed by atoms with Crippen molar-refractivity contribution in [2.24, 2.45) is 0 Å². The molecule has 0 aromatic heterocycles. The zero-order valence-corrected chi connectivity index (χ0v) is 12.5. The zero-order valence-electron chi connectivity index (χ0n) is 10.1. The van der Waals surface area contributed by atoms with Gasteiger partial charge in [0.2, 0.25) is 0 Å². The third-order valence-electron chi connectivity index (χ3n) is 2.54. The van der Waals surface area contributed by atoms with E-state index in [0.717, 1.165) is 0 Å². The standard InChI is InChI=1S/C14H11BrClNO2/c1-19-9-6-7-11(15)10(8-9)14(18)17-13-5-3-2-4-12(13)16/h2-8H,1H3,(H,17,18). The van der Waals surface area contributed by atoms with Crippen LogP contribution in [0.15, 0.2) is 46.9 Å². The third-order valence-corrected chi connectivity index (χ3v) is 3.56. The summed E-state index contributed by atoms with van der Waals surface area (Å²) in [6, 6.07) is 12.3. The number of benzene rings is 2. The molecule has 2 rings (SSSR count). The Morgan fingerprint density at radius 2 is 2.00 bits per heavy atom. The maximum absolute atomic E-state index is 12.2. The summed E-state index contributed by atoms with van der Waals surface area (Å²) < 4.78 is 5.80. The number of nitrogens with one attached hydrogen (secondary N) is 1.